The summed E-state index contributed by atoms with van der Waals surface area (Å²) in [6.07, 6.45) is 6.42. The van der Waals surface area contributed by atoms with Crippen molar-refractivity contribution in [2.75, 3.05) is 13.3 Å². The van der Waals surface area contributed by atoms with Crippen LogP contribution in [0.5, 0.6) is 6.01 Å². The molecule has 1 aliphatic heterocycles. The van der Waals surface area contributed by atoms with Gasteiger partial charge in [-0.05, 0) is 31.4 Å². The van der Waals surface area contributed by atoms with Gasteiger partial charge in [0.15, 0.2) is 11.6 Å². The lowest BCUT2D eigenvalue weighted by molar-refractivity contribution is 0.146. The number of fused-ring (bicyclic) bond motifs is 1. The number of halogens is 4. The van der Waals surface area contributed by atoms with Gasteiger partial charge in [0.25, 0.3) is 0 Å². The fraction of sp³-hybridized carbons (Fsp3) is 0.545. The number of aromatic nitrogens is 2. The zero-order valence-corrected chi connectivity index (χ0v) is 18.0. The van der Waals surface area contributed by atoms with Gasteiger partial charge in [0.05, 0.1) is 5.69 Å². The molecule has 2 heterocycles. The molecule has 0 radical (unpaired) electrons. The Balaban J connectivity index is 0.000000261. The summed E-state index contributed by atoms with van der Waals surface area (Å²) in [4.78, 5) is 10.9. The normalized spacial score (nSPS) is 20.1. The second-order valence-electron chi connectivity index (χ2n) is 7.21. The minimum atomic E-state index is -1.16. The van der Waals surface area contributed by atoms with Crippen molar-refractivity contribution in [1.29, 1.82) is 0 Å². The minimum Gasteiger partial charge on any atom is -0.461 e. The van der Waals surface area contributed by atoms with Crippen LogP contribution in [0.25, 0.3) is 0 Å². The molecule has 1 fully saturated rings. The van der Waals surface area contributed by atoms with Crippen molar-refractivity contribution in [2.24, 2.45) is 5.73 Å². The molecule has 0 amide bonds. The number of hydrogen-bond donors (Lipinski definition) is 1. The first-order valence-corrected chi connectivity index (χ1v) is 10.6. The lowest BCUT2D eigenvalue weighted by Crippen LogP contribution is -2.40. The number of nitrogens with zero attached hydrogens (tertiary/aromatic N) is 3. The fourth-order valence-electron chi connectivity index (χ4n) is 3.62. The lowest BCUT2D eigenvalue weighted by Gasteiger charge is -2.33. The first-order valence-electron chi connectivity index (χ1n) is 10.6. The maximum atomic E-state index is 12.1. The zero-order valence-electron chi connectivity index (χ0n) is 18.0. The highest BCUT2D eigenvalue weighted by molar-refractivity contribution is 5.23. The van der Waals surface area contributed by atoms with Crippen molar-refractivity contribution in [2.45, 2.75) is 64.7 Å². The Morgan fingerprint density at radius 1 is 1.13 bits per heavy atom. The van der Waals surface area contributed by atoms with E-state index in [1.54, 1.807) is 6.20 Å². The monoisotopic (exact) mass is 442 g/mol. The minimum absolute atomic E-state index is 0.0139. The molecule has 5 nitrogen and oxygen atoms in total. The lowest BCUT2D eigenvalue weighted by atomic mass is 9.91. The summed E-state index contributed by atoms with van der Waals surface area (Å²) >= 11 is 0. The summed E-state index contributed by atoms with van der Waals surface area (Å²) in [6.45, 7) is 5.20. The second-order valence-corrected chi connectivity index (χ2v) is 7.21. The van der Waals surface area contributed by atoms with E-state index in [1.807, 2.05) is 13.8 Å². The molecule has 1 aromatic carbocycles. The highest BCUT2D eigenvalue weighted by atomic mass is 19.2. The van der Waals surface area contributed by atoms with E-state index in [9.17, 15) is 17.6 Å². The number of nitrogens with two attached hydrogens (primary N) is 1. The van der Waals surface area contributed by atoms with E-state index in [0.717, 1.165) is 49.3 Å². The molecule has 2 atom stereocenters. The summed E-state index contributed by atoms with van der Waals surface area (Å²) in [5.74, 6) is -2.96. The maximum absolute atomic E-state index is 12.1. The van der Waals surface area contributed by atoms with Gasteiger partial charge in [-0.3, -0.25) is 4.90 Å². The van der Waals surface area contributed by atoms with Gasteiger partial charge in [0.2, 0.25) is 0 Å². The smallest absolute Gasteiger partial charge is 0.316 e. The molecule has 0 saturated heterocycles. The van der Waals surface area contributed by atoms with Crippen LogP contribution in [0.4, 0.5) is 17.6 Å². The van der Waals surface area contributed by atoms with Crippen LogP contribution in [0.1, 0.15) is 50.8 Å². The molecule has 1 saturated carbocycles. The zero-order chi connectivity index (χ0) is 22.8. The molecular formula is C22H30F4N4O. The van der Waals surface area contributed by atoms with Crippen LogP contribution in [-0.2, 0) is 13.1 Å². The van der Waals surface area contributed by atoms with E-state index in [2.05, 4.69) is 14.9 Å². The third kappa shape index (κ3) is 7.43. The highest BCUT2D eigenvalue weighted by Gasteiger charge is 2.30. The third-order valence-corrected chi connectivity index (χ3v) is 5.05. The van der Waals surface area contributed by atoms with E-state index in [4.69, 9.17) is 10.5 Å². The van der Waals surface area contributed by atoms with Crippen molar-refractivity contribution < 1.29 is 22.3 Å². The molecule has 2 aliphatic rings. The summed E-state index contributed by atoms with van der Waals surface area (Å²) in [5, 5.41) is 0. The fourth-order valence-corrected chi connectivity index (χ4v) is 3.62. The molecule has 31 heavy (non-hydrogen) atoms. The molecule has 1 aromatic heterocycles. The van der Waals surface area contributed by atoms with Gasteiger partial charge in [0.1, 0.15) is 19.1 Å². The largest absolute Gasteiger partial charge is 0.461 e. The Morgan fingerprint density at radius 2 is 1.90 bits per heavy atom. The molecule has 1 unspecified atom stereocenters. The van der Waals surface area contributed by atoms with E-state index in [-0.39, 0.29) is 12.6 Å². The van der Waals surface area contributed by atoms with Crippen LogP contribution < -0.4 is 10.5 Å². The molecule has 0 bridgehead atoms. The molecule has 2 N–H and O–H groups in total. The topological polar surface area (TPSA) is 64.3 Å². The average Bonchev–Trinajstić information content (AvgIpc) is 3.20. The van der Waals surface area contributed by atoms with Crippen LogP contribution in [0.2, 0.25) is 0 Å². The predicted octanol–water partition coefficient (Wildman–Crippen LogP) is 4.54. The van der Waals surface area contributed by atoms with Gasteiger partial charge in [0, 0.05) is 43.0 Å². The first kappa shape index (κ1) is 25.0. The van der Waals surface area contributed by atoms with Crippen LogP contribution in [0.3, 0.4) is 0 Å². The Hall–Kier alpha value is -2.26. The summed E-state index contributed by atoms with van der Waals surface area (Å²) in [7, 11) is 0. The first-order chi connectivity index (χ1) is 15.0. The van der Waals surface area contributed by atoms with E-state index in [0.29, 0.717) is 18.2 Å². The molecule has 9 heteroatoms. The van der Waals surface area contributed by atoms with Crippen molar-refractivity contribution in [3.63, 3.8) is 0 Å². The second kappa shape index (κ2) is 12.6. The molecule has 1 aliphatic carbocycles. The van der Waals surface area contributed by atoms with Crippen molar-refractivity contribution in [1.82, 2.24) is 14.9 Å². The Kier molecular flexibility index (Phi) is 10.1. The predicted molar refractivity (Wildman–Crippen MR) is 111 cm³/mol. The number of ether oxygens (including phenoxy) is 1. The number of alkyl halides is 1. The van der Waals surface area contributed by atoms with Crippen LogP contribution in [0, 0.1) is 17.5 Å². The average molecular weight is 443 g/mol. The van der Waals surface area contributed by atoms with Crippen molar-refractivity contribution >= 4 is 0 Å². The summed E-state index contributed by atoms with van der Waals surface area (Å²) < 4.78 is 53.1. The van der Waals surface area contributed by atoms with Gasteiger partial charge in [-0.2, -0.15) is 4.98 Å². The van der Waals surface area contributed by atoms with Gasteiger partial charge < -0.3 is 10.5 Å². The van der Waals surface area contributed by atoms with Gasteiger partial charge in [-0.1, -0.05) is 20.3 Å². The summed E-state index contributed by atoms with van der Waals surface area (Å²) in [5.41, 5.74) is 8.22. The van der Waals surface area contributed by atoms with E-state index >= 15 is 0 Å². The number of benzene rings is 1. The van der Waals surface area contributed by atoms with Gasteiger partial charge in [-0.15, -0.1) is 0 Å². The number of hydrogen-bond acceptors (Lipinski definition) is 5. The van der Waals surface area contributed by atoms with Crippen molar-refractivity contribution in [3.8, 4) is 6.01 Å². The molecule has 172 valence electrons. The Bertz CT molecular complexity index is 824. The summed E-state index contributed by atoms with van der Waals surface area (Å²) in [6, 6.07) is 3.25. The number of rotatable bonds is 4. The van der Waals surface area contributed by atoms with E-state index < -0.39 is 24.1 Å². The van der Waals surface area contributed by atoms with Crippen molar-refractivity contribution in [3.05, 3.63) is 53.1 Å². The van der Waals surface area contributed by atoms with Crippen LogP contribution in [-0.4, -0.2) is 40.2 Å². The third-order valence-electron chi connectivity index (χ3n) is 5.05. The van der Waals surface area contributed by atoms with Gasteiger partial charge in [-0.25, -0.2) is 22.5 Å². The quantitative estimate of drug-likeness (QED) is 0.556. The standard InChI is InChI=1S/C14H21FN4O.C6H3F3.C2H6/c15-4-5-20-14-17-7-10-8-19(9-13(10)18-14)12-3-1-2-11(16)6-12;7-4-1-2-5(8)6(9)3-4;1-2/h7,11-12H,1-6,8-9,16H2;1-3H;1-2H3/t11-,12?;;/m1../s1. The highest BCUT2D eigenvalue weighted by Crippen LogP contribution is 2.30. The molecule has 2 aromatic rings. The maximum Gasteiger partial charge on any atom is 0.316 e. The van der Waals surface area contributed by atoms with Gasteiger partial charge >= 0.3 is 6.01 Å². The molecule has 4 rings (SSSR count). The SMILES string of the molecule is CC.Fc1ccc(F)c(F)c1.N[C@@H]1CCCC(N2Cc3cnc(OCCF)nc3C2)C1. The molecular weight excluding hydrogens is 412 g/mol. The molecule has 0 spiro atoms. The van der Waals surface area contributed by atoms with Crippen LogP contribution in [0.15, 0.2) is 24.4 Å². The van der Waals surface area contributed by atoms with E-state index in [1.165, 1.54) is 12.8 Å². The van der Waals surface area contributed by atoms with Crippen LogP contribution >= 0.6 is 0 Å². The Labute approximate surface area is 180 Å². The Morgan fingerprint density at radius 3 is 2.55 bits per heavy atom.